The SMILES string of the molecule is COCCCNC(=O)c1ccc(-n2ncc(-c3ccnc(OC)c3)c2O)nc1. The van der Waals surface area contributed by atoms with Gasteiger partial charge in [-0.1, -0.05) is 0 Å². The minimum Gasteiger partial charge on any atom is -0.493 e. The summed E-state index contributed by atoms with van der Waals surface area (Å²) in [6.45, 7) is 1.11. The molecule has 0 aromatic carbocycles. The van der Waals surface area contributed by atoms with Crippen LogP contribution >= 0.6 is 0 Å². The highest BCUT2D eigenvalue weighted by atomic mass is 16.5. The van der Waals surface area contributed by atoms with Gasteiger partial charge in [-0.15, -0.1) is 0 Å². The van der Waals surface area contributed by atoms with E-state index in [0.29, 0.717) is 41.5 Å². The monoisotopic (exact) mass is 383 g/mol. The molecular formula is C19H21N5O4. The molecule has 0 saturated carbocycles. The maximum Gasteiger partial charge on any atom is 0.252 e. The summed E-state index contributed by atoms with van der Waals surface area (Å²) >= 11 is 0. The Balaban J connectivity index is 1.75. The number of rotatable bonds is 8. The molecule has 0 spiro atoms. The largest absolute Gasteiger partial charge is 0.493 e. The third-order valence-corrected chi connectivity index (χ3v) is 4.04. The van der Waals surface area contributed by atoms with Crippen LogP contribution in [0.1, 0.15) is 16.8 Å². The zero-order valence-electron chi connectivity index (χ0n) is 15.6. The Morgan fingerprint density at radius 3 is 2.79 bits per heavy atom. The van der Waals surface area contributed by atoms with Crippen LogP contribution in [0.4, 0.5) is 0 Å². The van der Waals surface area contributed by atoms with Crippen molar-refractivity contribution >= 4 is 5.91 Å². The second-order valence-electron chi connectivity index (χ2n) is 5.89. The van der Waals surface area contributed by atoms with E-state index in [1.807, 2.05) is 0 Å². The summed E-state index contributed by atoms with van der Waals surface area (Å²) in [5.41, 5.74) is 1.65. The maximum atomic E-state index is 12.1. The number of aromatic nitrogens is 4. The molecule has 0 radical (unpaired) electrons. The minimum atomic E-state index is -0.218. The van der Waals surface area contributed by atoms with E-state index in [9.17, 15) is 9.90 Å². The Labute approximate surface area is 162 Å². The second-order valence-corrected chi connectivity index (χ2v) is 5.89. The van der Waals surface area contributed by atoms with Gasteiger partial charge in [-0.05, 0) is 30.2 Å². The molecule has 2 N–H and O–H groups in total. The lowest BCUT2D eigenvalue weighted by atomic mass is 10.1. The number of aromatic hydroxyl groups is 1. The quantitative estimate of drug-likeness (QED) is 0.571. The summed E-state index contributed by atoms with van der Waals surface area (Å²) in [6, 6.07) is 6.69. The third-order valence-electron chi connectivity index (χ3n) is 4.04. The van der Waals surface area contributed by atoms with Gasteiger partial charge in [0, 0.05) is 38.7 Å². The fraction of sp³-hybridized carbons (Fsp3) is 0.263. The van der Waals surface area contributed by atoms with Gasteiger partial charge < -0.3 is 19.9 Å². The lowest BCUT2D eigenvalue weighted by molar-refractivity contribution is 0.0948. The van der Waals surface area contributed by atoms with Gasteiger partial charge in [-0.25, -0.2) is 9.97 Å². The number of ether oxygens (including phenoxy) is 2. The van der Waals surface area contributed by atoms with Crippen molar-refractivity contribution in [2.24, 2.45) is 0 Å². The minimum absolute atomic E-state index is 0.0717. The van der Waals surface area contributed by atoms with Gasteiger partial charge in [-0.3, -0.25) is 4.79 Å². The number of methoxy groups -OCH3 is 2. The number of nitrogens with one attached hydrogen (secondary N) is 1. The Kier molecular flexibility index (Phi) is 6.18. The van der Waals surface area contributed by atoms with E-state index in [1.165, 1.54) is 24.2 Å². The molecule has 0 saturated heterocycles. The van der Waals surface area contributed by atoms with Crippen molar-refractivity contribution in [2.75, 3.05) is 27.4 Å². The predicted octanol–water partition coefficient (Wildman–Crippen LogP) is 1.81. The summed E-state index contributed by atoms with van der Waals surface area (Å²) in [5.74, 6) is 0.534. The van der Waals surface area contributed by atoms with Crippen molar-refractivity contribution in [1.29, 1.82) is 0 Å². The second kappa shape index (κ2) is 8.96. The molecule has 9 heteroatoms. The molecule has 3 heterocycles. The molecule has 0 atom stereocenters. The zero-order valence-corrected chi connectivity index (χ0v) is 15.6. The molecule has 3 rings (SSSR count). The number of carbonyl (C=O) groups is 1. The number of amides is 1. The predicted molar refractivity (Wildman–Crippen MR) is 102 cm³/mol. The summed E-state index contributed by atoms with van der Waals surface area (Å²) in [7, 11) is 3.14. The van der Waals surface area contributed by atoms with Crippen molar-refractivity contribution < 1.29 is 19.4 Å². The number of pyridine rings is 2. The van der Waals surface area contributed by atoms with Gasteiger partial charge in [0.15, 0.2) is 5.82 Å². The van der Waals surface area contributed by atoms with Crippen molar-refractivity contribution in [2.45, 2.75) is 6.42 Å². The number of nitrogens with zero attached hydrogens (tertiary/aromatic N) is 4. The van der Waals surface area contributed by atoms with Crippen LogP contribution in [0.25, 0.3) is 16.9 Å². The molecule has 1 amide bonds. The molecule has 0 bridgehead atoms. The maximum absolute atomic E-state index is 12.1. The first-order chi connectivity index (χ1) is 13.6. The lowest BCUT2D eigenvalue weighted by Crippen LogP contribution is -2.25. The standard InChI is InChI=1S/C19H21N5O4/c1-27-9-3-7-21-18(25)14-4-5-16(22-11-14)24-19(26)15(12-23-24)13-6-8-20-17(10-13)28-2/h4-6,8,10-12,26H,3,7,9H2,1-2H3,(H,21,25). The van der Waals surface area contributed by atoms with Crippen molar-refractivity contribution in [3.05, 3.63) is 48.4 Å². The van der Waals surface area contributed by atoms with Crippen LogP contribution in [0.2, 0.25) is 0 Å². The van der Waals surface area contributed by atoms with E-state index < -0.39 is 0 Å². The molecule has 3 aromatic heterocycles. The van der Waals surface area contributed by atoms with Crippen molar-refractivity contribution in [1.82, 2.24) is 25.1 Å². The Bertz CT molecular complexity index is 940. The molecule has 0 aliphatic heterocycles. The normalized spacial score (nSPS) is 10.6. The fourth-order valence-corrected chi connectivity index (χ4v) is 2.57. The summed E-state index contributed by atoms with van der Waals surface area (Å²) in [6.07, 6.45) is 5.29. The molecule has 9 nitrogen and oxygen atoms in total. The lowest BCUT2D eigenvalue weighted by Gasteiger charge is -2.07. The van der Waals surface area contributed by atoms with E-state index in [1.54, 1.807) is 37.6 Å². The first kappa shape index (κ1) is 19.3. The first-order valence-electron chi connectivity index (χ1n) is 8.65. The van der Waals surface area contributed by atoms with E-state index in [4.69, 9.17) is 9.47 Å². The summed E-state index contributed by atoms with van der Waals surface area (Å²) in [4.78, 5) is 20.4. The highest BCUT2D eigenvalue weighted by Gasteiger charge is 2.15. The molecule has 28 heavy (non-hydrogen) atoms. The van der Waals surface area contributed by atoms with Gasteiger partial charge in [0.05, 0.1) is 24.4 Å². The zero-order chi connectivity index (χ0) is 19.9. The van der Waals surface area contributed by atoms with E-state index in [-0.39, 0.29) is 11.8 Å². The highest BCUT2D eigenvalue weighted by molar-refractivity contribution is 5.93. The Morgan fingerprint density at radius 2 is 2.07 bits per heavy atom. The Morgan fingerprint density at radius 1 is 1.21 bits per heavy atom. The number of carbonyl (C=O) groups excluding carboxylic acids is 1. The van der Waals surface area contributed by atoms with Crippen molar-refractivity contribution in [3.8, 4) is 28.7 Å². The molecule has 146 valence electrons. The smallest absolute Gasteiger partial charge is 0.252 e. The average molecular weight is 383 g/mol. The van der Waals surface area contributed by atoms with Crippen LogP contribution in [-0.4, -0.2) is 58.1 Å². The number of hydrogen-bond acceptors (Lipinski definition) is 7. The van der Waals surface area contributed by atoms with Crippen LogP contribution in [0, 0.1) is 0 Å². The van der Waals surface area contributed by atoms with Gasteiger partial charge in [0.25, 0.3) is 5.91 Å². The third kappa shape index (κ3) is 4.26. The van der Waals surface area contributed by atoms with E-state index >= 15 is 0 Å². The average Bonchev–Trinajstić information content (AvgIpc) is 3.12. The molecule has 0 fully saturated rings. The Hall–Kier alpha value is -3.46. The van der Waals surface area contributed by atoms with Crippen LogP contribution in [0.3, 0.4) is 0 Å². The fourth-order valence-electron chi connectivity index (χ4n) is 2.57. The summed E-state index contributed by atoms with van der Waals surface area (Å²) < 4.78 is 11.3. The number of hydrogen-bond donors (Lipinski definition) is 2. The highest BCUT2D eigenvalue weighted by Crippen LogP contribution is 2.31. The van der Waals surface area contributed by atoms with Gasteiger partial charge in [0.1, 0.15) is 0 Å². The van der Waals surface area contributed by atoms with E-state index in [2.05, 4.69) is 20.4 Å². The van der Waals surface area contributed by atoms with Crippen LogP contribution in [-0.2, 0) is 4.74 Å². The van der Waals surface area contributed by atoms with Gasteiger partial charge in [0.2, 0.25) is 11.8 Å². The molecule has 0 unspecified atom stereocenters. The van der Waals surface area contributed by atoms with Gasteiger partial charge >= 0.3 is 0 Å². The topological polar surface area (TPSA) is 111 Å². The molecule has 3 aromatic rings. The first-order valence-corrected chi connectivity index (χ1v) is 8.65. The van der Waals surface area contributed by atoms with Crippen molar-refractivity contribution in [3.63, 3.8) is 0 Å². The van der Waals surface area contributed by atoms with E-state index in [0.717, 1.165) is 6.42 Å². The molecular weight excluding hydrogens is 362 g/mol. The van der Waals surface area contributed by atoms with Crippen LogP contribution in [0.15, 0.2) is 42.9 Å². The summed E-state index contributed by atoms with van der Waals surface area (Å²) in [5, 5.41) is 17.5. The van der Waals surface area contributed by atoms with Crippen LogP contribution in [0.5, 0.6) is 11.8 Å². The molecule has 0 aliphatic rings. The van der Waals surface area contributed by atoms with Crippen LogP contribution < -0.4 is 10.1 Å². The molecule has 0 aliphatic carbocycles. The van der Waals surface area contributed by atoms with Gasteiger partial charge in [-0.2, -0.15) is 9.78 Å².